The molecule has 0 spiro atoms. The molecule has 2 aliphatic rings. The Labute approximate surface area is 107 Å². The highest BCUT2D eigenvalue weighted by Gasteiger charge is 2.36. The van der Waals surface area contributed by atoms with E-state index in [9.17, 15) is 0 Å². The Bertz CT molecular complexity index is 569. The second-order valence-corrected chi connectivity index (χ2v) is 5.45. The Hall–Kier alpha value is -1.61. The van der Waals surface area contributed by atoms with Crippen molar-refractivity contribution in [2.45, 2.75) is 0 Å². The minimum atomic E-state index is 0.818. The molecule has 1 aromatic carbocycles. The highest BCUT2D eigenvalue weighted by atomic mass is 15.2. The minimum Gasteiger partial charge on any atom is -0.356 e. The molecular weight excluding hydrogens is 222 g/mol. The molecule has 3 heteroatoms. The van der Waals surface area contributed by atoms with Crippen molar-refractivity contribution in [2.75, 3.05) is 31.1 Å². The van der Waals surface area contributed by atoms with Gasteiger partial charge in [0.1, 0.15) is 5.82 Å². The summed E-state index contributed by atoms with van der Waals surface area (Å²) in [7, 11) is 0. The second kappa shape index (κ2) is 3.95. The monoisotopic (exact) mass is 239 g/mol. The molecule has 3 heterocycles. The van der Waals surface area contributed by atoms with Crippen molar-refractivity contribution < 1.29 is 0 Å². The number of nitrogens with one attached hydrogen (secondary N) is 1. The molecule has 1 aromatic heterocycles. The van der Waals surface area contributed by atoms with Crippen LogP contribution in [0.3, 0.4) is 0 Å². The molecule has 2 saturated heterocycles. The second-order valence-electron chi connectivity index (χ2n) is 5.45. The van der Waals surface area contributed by atoms with Crippen LogP contribution >= 0.6 is 0 Å². The molecule has 0 saturated carbocycles. The first-order valence-corrected chi connectivity index (χ1v) is 6.71. The van der Waals surface area contributed by atoms with E-state index < -0.39 is 0 Å². The van der Waals surface area contributed by atoms with E-state index in [0.29, 0.717) is 0 Å². The molecule has 0 radical (unpaired) electrons. The number of nitrogens with zero attached hydrogens (tertiary/aromatic N) is 2. The van der Waals surface area contributed by atoms with Gasteiger partial charge in [0.05, 0.1) is 5.52 Å². The van der Waals surface area contributed by atoms with Gasteiger partial charge < -0.3 is 10.2 Å². The minimum absolute atomic E-state index is 0.818. The van der Waals surface area contributed by atoms with Crippen LogP contribution < -0.4 is 10.2 Å². The zero-order chi connectivity index (χ0) is 11.9. The lowest BCUT2D eigenvalue weighted by Gasteiger charge is -2.18. The predicted octanol–water partition coefficient (Wildman–Crippen LogP) is 1.89. The van der Waals surface area contributed by atoms with Crippen LogP contribution in [0.1, 0.15) is 0 Å². The van der Waals surface area contributed by atoms with Crippen molar-refractivity contribution in [3.63, 3.8) is 0 Å². The van der Waals surface area contributed by atoms with E-state index in [1.165, 1.54) is 18.5 Å². The zero-order valence-electron chi connectivity index (χ0n) is 10.3. The molecule has 2 atom stereocenters. The van der Waals surface area contributed by atoms with E-state index in [1.807, 2.05) is 0 Å². The summed E-state index contributed by atoms with van der Waals surface area (Å²) in [4.78, 5) is 7.24. The van der Waals surface area contributed by atoms with Gasteiger partial charge in [0.15, 0.2) is 0 Å². The summed E-state index contributed by atoms with van der Waals surface area (Å²) in [6.45, 7) is 4.66. The highest BCUT2D eigenvalue weighted by Crippen LogP contribution is 2.30. The van der Waals surface area contributed by atoms with Gasteiger partial charge in [-0.1, -0.05) is 18.2 Å². The van der Waals surface area contributed by atoms with Crippen molar-refractivity contribution in [3.8, 4) is 0 Å². The Kier molecular flexibility index (Phi) is 2.27. The molecule has 3 nitrogen and oxygen atoms in total. The Balaban J connectivity index is 1.67. The van der Waals surface area contributed by atoms with Crippen molar-refractivity contribution in [3.05, 3.63) is 36.4 Å². The number of pyridine rings is 1. The van der Waals surface area contributed by atoms with Gasteiger partial charge in [-0.2, -0.15) is 0 Å². The SMILES string of the molecule is c1ccc2nc(N3C[C@H]4CNC[C@H]4C3)ccc2c1. The molecule has 0 unspecified atom stereocenters. The molecule has 2 aliphatic heterocycles. The number of aromatic nitrogens is 1. The van der Waals surface area contributed by atoms with Crippen LogP contribution in [0.4, 0.5) is 5.82 Å². The molecule has 18 heavy (non-hydrogen) atoms. The van der Waals surface area contributed by atoms with E-state index in [2.05, 4.69) is 46.6 Å². The fourth-order valence-corrected chi connectivity index (χ4v) is 3.27. The van der Waals surface area contributed by atoms with Gasteiger partial charge >= 0.3 is 0 Å². The number of para-hydroxylation sites is 1. The van der Waals surface area contributed by atoms with Gasteiger partial charge in [0, 0.05) is 31.6 Å². The predicted molar refractivity (Wildman–Crippen MR) is 73.8 cm³/mol. The summed E-state index contributed by atoms with van der Waals surface area (Å²) in [5, 5.41) is 4.70. The van der Waals surface area contributed by atoms with Crippen molar-refractivity contribution >= 4 is 16.7 Å². The molecular formula is C15H17N3. The van der Waals surface area contributed by atoms with Crippen molar-refractivity contribution in [2.24, 2.45) is 11.8 Å². The smallest absolute Gasteiger partial charge is 0.129 e. The summed E-state index contributed by atoms with van der Waals surface area (Å²) in [5.41, 5.74) is 1.10. The van der Waals surface area contributed by atoms with Crippen LogP contribution in [0.5, 0.6) is 0 Å². The number of fused-ring (bicyclic) bond motifs is 2. The molecule has 0 aliphatic carbocycles. The van der Waals surface area contributed by atoms with E-state index >= 15 is 0 Å². The molecule has 1 N–H and O–H groups in total. The van der Waals surface area contributed by atoms with Gasteiger partial charge in [-0.05, 0) is 30.0 Å². The number of anilines is 1. The lowest BCUT2D eigenvalue weighted by Crippen LogP contribution is -2.26. The van der Waals surface area contributed by atoms with Crippen LogP contribution in [-0.2, 0) is 0 Å². The van der Waals surface area contributed by atoms with Crippen LogP contribution in [0, 0.1) is 11.8 Å². The molecule has 0 amide bonds. The van der Waals surface area contributed by atoms with Gasteiger partial charge in [0.2, 0.25) is 0 Å². The maximum absolute atomic E-state index is 4.79. The van der Waals surface area contributed by atoms with Crippen molar-refractivity contribution in [1.29, 1.82) is 0 Å². The maximum atomic E-state index is 4.79. The standard InChI is InChI=1S/C15H17N3/c1-2-4-14-11(3-1)5-6-15(17-14)18-9-12-7-16-8-13(12)10-18/h1-6,12-13,16H,7-10H2/t12-,13+. The quantitative estimate of drug-likeness (QED) is 0.823. The van der Waals surface area contributed by atoms with E-state index in [-0.39, 0.29) is 0 Å². The van der Waals surface area contributed by atoms with Gasteiger partial charge in [-0.15, -0.1) is 0 Å². The molecule has 0 bridgehead atoms. The van der Waals surface area contributed by atoms with E-state index in [1.54, 1.807) is 0 Å². The molecule has 2 fully saturated rings. The van der Waals surface area contributed by atoms with Crippen LogP contribution in [0.15, 0.2) is 36.4 Å². The first-order chi connectivity index (χ1) is 8.90. The van der Waals surface area contributed by atoms with Crippen LogP contribution in [0.2, 0.25) is 0 Å². The lowest BCUT2D eigenvalue weighted by molar-refractivity contribution is 0.533. The summed E-state index contributed by atoms with van der Waals surface area (Å²) in [6, 6.07) is 12.7. The molecule has 4 rings (SSSR count). The van der Waals surface area contributed by atoms with Crippen LogP contribution in [-0.4, -0.2) is 31.2 Å². The number of hydrogen-bond acceptors (Lipinski definition) is 3. The van der Waals surface area contributed by atoms with Gasteiger partial charge in [-0.25, -0.2) is 4.98 Å². The fraction of sp³-hybridized carbons (Fsp3) is 0.400. The summed E-state index contributed by atoms with van der Waals surface area (Å²) in [5.74, 6) is 2.78. The lowest BCUT2D eigenvalue weighted by atomic mass is 10.0. The fourth-order valence-electron chi connectivity index (χ4n) is 3.27. The van der Waals surface area contributed by atoms with Crippen molar-refractivity contribution in [1.82, 2.24) is 10.3 Å². The molecule has 92 valence electrons. The summed E-state index contributed by atoms with van der Waals surface area (Å²) >= 11 is 0. The third kappa shape index (κ3) is 1.58. The number of hydrogen-bond donors (Lipinski definition) is 1. The highest BCUT2D eigenvalue weighted by molar-refractivity contribution is 5.80. The Morgan fingerprint density at radius 1 is 1.00 bits per heavy atom. The summed E-state index contributed by atoms with van der Waals surface area (Å²) in [6.07, 6.45) is 0. The number of benzene rings is 1. The normalized spacial score (nSPS) is 26.8. The number of rotatable bonds is 1. The largest absolute Gasteiger partial charge is 0.356 e. The third-order valence-corrected chi connectivity index (χ3v) is 4.30. The maximum Gasteiger partial charge on any atom is 0.129 e. The Morgan fingerprint density at radius 3 is 2.61 bits per heavy atom. The average molecular weight is 239 g/mol. The molecule has 2 aromatic rings. The first-order valence-electron chi connectivity index (χ1n) is 6.71. The van der Waals surface area contributed by atoms with E-state index in [0.717, 1.165) is 36.3 Å². The average Bonchev–Trinajstić information content (AvgIpc) is 2.99. The van der Waals surface area contributed by atoms with Crippen LogP contribution in [0.25, 0.3) is 10.9 Å². The Morgan fingerprint density at radius 2 is 1.78 bits per heavy atom. The van der Waals surface area contributed by atoms with Gasteiger partial charge in [0.25, 0.3) is 0 Å². The van der Waals surface area contributed by atoms with Gasteiger partial charge in [-0.3, -0.25) is 0 Å². The first kappa shape index (κ1) is 10.3. The third-order valence-electron chi connectivity index (χ3n) is 4.30. The topological polar surface area (TPSA) is 28.2 Å². The zero-order valence-corrected chi connectivity index (χ0v) is 10.3. The summed E-state index contributed by atoms with van der Waals surface area (Å²) < 4.78 is 0. The van der Waals surface area contributed by atoms with E-state index in [4.69, 9.17) is 4.98 Å².